The average molecular weight is 132 g/mol. The van der Waals surface area contributed by atoms with E-state index in [2.05, 4.69) is 4.74 Å². The van der Waals surface area contributed by atoms with Gasteiger partial charge in [0.1, 0.15) is 5.84 Å². The number of carbonyl (C=O) groups is 1. The van der Waals surface area contributed by atoms with Crippen molar-refractivity contribution < 1.29 is 14.6 Å². The second kappa shape index (κ2) is 3.03. The second-order valence-electron chi connectivity index (χ2n) is 1.41. The molecular formula is C4H8N2O3. The number of carboxylic acids is 1. The second-order valence-corrected chi connectivity index (χ2v) is 1.41. The van der Waals surface area contributed by atoms with E-state index in [1.54, 1.807) is 0 Å². The molecule has 0 aliphatic rings. The Morgan fingerprint density at radius 3 is 2.33 bits per heavy atom. The number of amidine groups is 1. The molecule has 5 heteroatoms. The Bertz CT molecular complexity index is 120. The number of methoxy groups -OCH3 is 1. The van der Waals surface area contributed by atoms with Crippen molar-refractivity contribution in [3.05, 3.63) is 0 Å². The summed E-state index contributed by atoms with van der Waals surface area (Å²) >= 11 is 0. The first-order chi connectivity index (χ1) is 4.09. The standard InChI is InChI=1S/C4H8N2O3/c1-9-2(3(5)6)4(7)8/h2H,1H3,(H3,5,6)(H,7,8). The zero-order valence-electron chi connectivity index (χ0n) is 4.92. The maximum absolute atomic E-state index is 10.0. The van der Waals surface area contributed by atoms with Crippen LogP contribution in [0.2, 0.25) is 0 Å². The normalized spacial score (nSPS) is 12.6. The first kappa shape index (κ1) is 7.90. The summed E-state index contributed by atoms with van der Waals surface area (Å²) in [6.45, 7) is 0. The fraction of sp³-hybridized carbons (Fsp3) is 0.500. The highest BCUT2D eigenvalue weighted by molar-refractivity contribution is 6.00. The van der Waals surface area contributed by atoms with Gasteiger partial charge in [-0.25, -0.2) is 4.79 Å². The van der Waals surface area contributed by atoms with Crippen LogP contribution in [0.1, 0.15) is 0 Å². The van der Waals surface area contributed by atoms with E-state index in [4.69, 9.17) is 16.2 Å². The number of nitrogens with one attached hydrogen (secondary N) is 1. The Labute approximate surface area is 51.9 Å². The fourth-order valence-corrected chi connectivity index (χ4v) is 0.361. The van der Waals surface area contributed by atoms with Gasteiger partial charge in [-0.05, 0) is 0 Å². The summed E-state index contributed by atoms with van der Waals surface area (Å²) < 4.78 is 4.32. The fourth-order valence-electron chi connectivity index (χ4n) is 0.361. The lowest BCUT2D eigenvalue weighted by Gasteiger charge is -2.05. The van der Waals surface area contributed by atoms with Crippen LogP contribution < -0.4 is 5.73 Å². The molecule has 0 spiro atoms. The molecule has 0 aliphatic carbocycles. The van der Waals surface area contributed by atoms with Gasteiger partial charge in [-0.2, -0.15) is 0 Å². The third-order valence-electron chi connectivity index (χ3n) is 0.742. The van der Waals surface area contributed by atoms with Crippen molar-refractivity contribution in [3.8, 4) is 0 Å². The maximum Gasteiger partial charge on any atom is 0.340 e. The Hall–Kier alpha value is -1.10. The molecule has 0 aromatic rings. The van der Waals surface area contributed by atoms with Crippen LogP contribution in [-0.2, 0) is 9.53 Å². The molecule has 0 heterocycles. The molecule has 0 fully saturated rings. The minimum atomic E-state index is -1.30. The van der Waals surface area contributed by atoms with Crippen LogP contribution in [0.25, 0.3) is 0 Å². The van der Waals surface area contributed by atoms with E-state index < -0.39 is 17.9 Å². The summed E-state index contributed by atoms with van der Waals surface area (Å²) in [5.74, 6) is -1.74. The van der Waals surface area contributed by atoms with Gasteiger partial charge in [-0.15, -0.1) is 0 Å². The predicted octanol–water partition coefficient (Wildman–Crippen LogP) is -0.978. The summed E-state index contributed by atoms with van der Waals surface area (Å²) in [7, 11) is 1.18. The van der Waals surface area contributed by atoms with Gasteiger partial charge in [0.2, 0.25) is 6.10 Å². The molecule has 4 N–H and O–H groups in total. The molecule has 0 amide bonds. The Morgan fingerprint density at radius 1 is 1.89 bits per heavy atom. The van der Waals surface area contributed by atoms with E-state index in [0.29, 0.717) is 0 Å². The van der Waals surface area contributed by atoms with E-state index in [1.165, 1.54) is 7.11 Å². The van der Waals surface area contributed by atoms with Crippen molar-refractivity contribution in [2.45, 2.75) is 6.10 Å². The van der Waals surface area contributed by atoms with Gasteiger partial charge in [0.15, 0.2) is 0 Å². The zero-order chi connectivity index (χ0) is 7.44. The smallest absolute Gasteiger partial charge is 0.340 e. The Balaban J connectivity index is 3.99. The molecule has 0 aliphatic heterocycles. The maximum atomic E-state index is 10.0. The van der Waals surface area contributed by atoms with Crippen LogP contribution >= 0.6 is 0 Å². The molecule has 0 saturated heterocycles. The number of aliphatic carboxylic acids is 1. The van der Waals surface area contributed by atoms with Crippen LogP contribution in [-0.4, -0.2) is 30.1 Å². The van der Waals surface area contributed by atoms with Crippen LogP contribution in [0.5, 0.6) is 0 Å². The molecular weight excluding hydrogens is 124 g/mol. The topological polar surface area (TPSA) is 96.4 Å². The van der Waals surface area contributed by atoms with Crippen molar-refractivity contribution in [3.63, 3.8) is 0 Å². The van der Waals surface area contributed by atoms with E-state index in [9.17, 15) is 4.79 Å². The molecule has 0 bridgehead atoms. The molecule has 1 atom stereocenters. The molecule has 0 radical (unpaired) electrons. The van der Waals surface area contributed by atoms with E-state index in [1.807, 2.05) is 0 Å². The summed E-state index contributed by atoms with van der Waals surface area (Å²) in [6, 6.07) is 0. The number of ether oxygens (including phenoxy) is 1. The van der Waals surface area contributed by atoms with Gasteiger partial charge in [0.25, 0.3) is 0 Å². The molecule has 1 unspecified atom stereocenters. The number of carboxylic acid groups (broad SMARTS) is 1. The van der Waals surface area contributed by atoms with Crippen molar-refractivity contribution in [1.29, 1.82) is 5.41 Å². The van der Waals surface area contributed by atoms with Crippen molar-refractivity contribution in [2.75, 3.05) is 7.11 Å². The number of rotatable bonds is 3. The molecule has 52 valence electrons. The van der Waals surface area contributed by atoms with E-state index in [-0.39, 0.29) is 0 Å². The van der Waals surface area contributed by atoms with E-state index >= 15 is 0 Å². The van der Waals surface area contributed by atoms with Crippen molar-refractivity contribution in [2.24, 2.45) is 5.73 Å². The lowest BCUT2D eigenvalue weighted by Crippen LogP contribution is -2.36. The van der Waals surface area contributed by atoms with Crippen LogP contribution in [0.15, 0.2) is 0 Å². The van der Waals surface area contributed by atoms with Gasteiger partial charge < -0.3 is 15.6 Å². The number of hydrogen-bond acceptors (Lipinski definition) is 3. The number of hydrogen-bond donors (Lipinski definition) is 3. The summed E-state index contributed by atoms with van der Waals surface area (Å²) in [4.78, 5) is 10.0. The van der Waals surface area contributed by atoms with Gasteiger partial charge in [0, 0.05) is 7.11 Å². The average Bonchev–Trinajstić information content (AvgIpc) is 1.64. The summed E-state index contributed by atoms with van der Waals surface area (Å²) in [5, 5.41) is 14.9. The Kier molecular flexibility index (Phi) is 2.66. The summed E-state index contributed by atoms with van der Waals surface area (Å²) in [6.07, 6.45) is -1.30. The molecule has 0 saturated carbocycles. The SMILES string of the molecule is COC(C(=N)N)C(=O)O. The highest BCUT2D eigenvalue weighted by atomic mass is 16.5. The molecule has 0 aromatic heterocycles. The summed E-state index contributed by atoms with van der Waals surface area (Å²) in [5.41, 5.74) is 4.83. The van der Waals surface area contributed by atoms with Gasteiger partial charge >= 0.3 is 5.97 Å². The lowest BCUT2D eigenvalue weighted by molar-refractivity contribution is -0.144. The van der Waals surface area contributed by atoms with E-state index in [0.717, 1.165) is 0 Å². The first-order valence-electron chi connectivity index (χ1n) is 2.19. The third-order valence-corrected chi connectivity index (χ3v) is 0.742. The van der Waals surface area contributed by atoms with Crippen molar-refractivity contribution >= 4 is 11.8 Å². The predicted molar refractivity (Wildman–Crippen MR) is 30.3 cm³/mol. The largest absolute Gasteiger partial charge is 0.479 e. The first-order valence-corrected chi connectivity index (χ1v) is 2.19. The lowest BCUT2D eigenvalue weighted by atomic mass is 10.3. The molecule has 0 rings (SSSR count). The van der Waals surface area contributed by atoms with Gasteiger partial charge in [-0.3, -0.25) is 5.41 Å². The zero-order valence-corrected chi connectivity index (χ0v) is 4.92. The quantitative estimate of drug-likeness (QED) is 0.339. The van der Waals surface area contributed by atoms with Crippen LogP contribution in [0.3, 0.4) is 0 Å². The van der Waals surface area contributed by atoms with Crippen LogP contribution in [0, 0.1) is 5.41 Å². The minimum Gasteiger partial charge on any atom is -0.479 e. The molecule has 5 nitrogen and oxygen atoms in total. The molecule has 9 heavy (non-hydrogen) atoms. The van der Waals surface area contributed by atoms with Gasteiger partial charge in [0.05, 0.1) is 0 Å². The third kappa shape index (κ3) is 2.09. The number of nitrogens with two attached hydrogens (primary N) is 1. The highest BCUT2D eigenvalue weighted by Gasteiger charge is 2.18. The van der Waals surface area contributed by atoms with Crippen LogP contribution in [0.4, 0.5) is 0 Å². The highest BCUT2D eigenvalue weighted by Crippen LogP contribution is 1.86. The monoisotopic (exact) mass is 132 g/mol. The van der Waals surface area contributed by atoms with Crippen molar-refractivity contribution in [1.82, 2.24) is 0 Å². The molecule has 0 aromatic carbocycles. The van der Waals surface area contributed by atoms with Gasteiger partial charge in [-0.1, -0.05) is 0 Å². The Morgan fingerprint density at radius 2 is 2.33 bits per heavy atom. The minimum absolute atomic E-state index is 0.495.